The molecule has 1 amide bonds. The number of aromatic nitrogens is 1. The maximum Gasteiger partial charge on any atom is 0.235 e. The van der Waals surface area contributed by atoms with E-state index in [1.54, 1.807) is 13.0 Å². The lowest BCUT2D eigenvalue weighted by molar-refractivity contribution is -0.113. The standard InChI is InChI=1S/C14H16N2O3S/c1-11-9-13(16-19-11)15-14(17)10-20-8-7-18-12-5-3-2-4-6-12/h2-6,9H,7-8,10H2,1H3,(H,15,16,17). The first-order valence-corrected chi connectivity index (χ1v) is 7.38. The average Bonchev–Trinajstić information content (AvgIpc) is 2.85. The van der Waals surface area contributed by atoms with E-state index in [1.807, 2.05) is 30.3 Å². The number of ether oxygens (including phenoxy) is 1. The third-order valence-electron chi connectivity index (χ3n) is 2.37. The summed E-state index contributed by atoms with van der Waals surface area (Å²) in [5.74, 6) is 2.99. The van der Waals surface area contributed by atoms with Gasteiger partial charge in [0, 0.05) is 11.8 Å². The number of rotatable bonds is 7. The lowest BCUT2D eigenvalue weighted by atomic mass is 10.3. The molecule has 0 aliphatic rings. The maximum atomic E-state index is 11.6. The van der Waals surface area contributed by atoms with Gasteiger partial charge in [-0.05, 0) is 19.1 Å². The molecule has 5 nitrogen and oxygen atoms in total. The van der Waals surface area contributed by atoms with Gasteiger partial charge in [-0.25, -0.2) is 0 Å². The maximum absolute atomic E-state index is 11.6. The Morgan fingerprint density at radius 2 is 2.20 bits per heavy atom. The van der Waals surface area contributed by atoms with Gasteiger partial charge < -0.3 is 14.6 Å². The summed E-state index contributed by atoms with van der Waals surface area (Å²) in [6.07, 6.45) is 0. The van der Waals surface area contributed by atoms with Gasteiger partial charge in [-0.15, -0.1) is 11.8 Å². The Bertz CT molecular complexity index is 542. The number of amides is 1. The minimum atomic E-state index is -0.0944. The number of benzene rings is 1. The van der Waals surface area contributed by atoms with Crippen molar-refractivity contribution in [2.75, 3.05) is 23.4 Å². The van der Waals surface area contributed by atoms with Crippen LogP contribution in [0.15, 0.2) is 40.9 Å². The summed E-state index contributed by atoms with van der Waals surface area (Å²) >= 11 is 1.51. The molecule has 1 N–H and O–H groups in total. The van der Waals surface area contributed by atoms with Crippen LogP contribution in [0.25, 0.3) is 0 Å². The van der Waals surface area contributed by atoms with Crippen LogP contribution >= 0.6 is 11.8 Å². The number of nitrogens with one attached hydrogen (secondary N) is 1. The monoisotopic (exact) mass is 292 g/mol. The molecular weight excluding hydrogens is 276 g/mol. The zero-order valence-electron chi connectivity index (χ0n) is 11.2. The molecule has 0 bridgehead atoms. The van der Waals surface area contributed by atoms with Crippen molar-refractivity contribution in [3.63, 3.8) is 0 Å². The predicted octanol–water partition coefficient (Wildman–Crippen LogP) is 2.73. The average molecular weight is 292 g/mol. The van der Waals surface area contributed by atoms with E-state index in [0.29, 0.717) is 23.9 Å². The van der Waals surface area contributed by atoms with Crippen molar-refractivity contribution in [3.8, 4) is 5.75 Å². The van der Waals surface area contributed by atoms with Crippen molar-refractivity contribution < 1.29 is 14.1 Å². The second kappa shape index (κ2) is 7.59. The largest absolute Gasteiger partial charge is 0.493 e. The van der Waals surface area contributed by atoms with Crippen LogP contribution in [-0.4, -0.2) is 29.2 Å². The van der Waals surface area contributed by atoms with Crippen LogP contribution in [0.2, 0.25) is 0 Å². The molecule has 2 rings (SSSR count). The van der Waals surface area contributed by atoms with Crippen LogP contribution in [-0.2, 0) is 4.79 Å². The van der Waals surface area contributed by atoms with Gasteiger partial charge in [0.2, 0.25) is 5.91 Å². The van der Waals surface area contributed by atoms with E-state index in [2.05, 4.69) is 10.5 Å². The number of aryl methyl sites for hydroxylation is 1. The van der Waals surface area contributed by atoms with Crippen LogP contribution in [0.5, 0.6) is 5.75 Å². The van der Waals surface area contributed by atoms with Gasteiger partial charge in [-0.2, -0.15) is 0 Å². The number of carbonyl (C=O) groups excluding carboxylic acids is 1. The van der Waals surface area contributed by atoms with Crippen LogP contribution in [0.4, 0.5) is 5.82 Å². The van der Waals surface area contributed by atoms with Crippen molar-refractivity contribution in [1.82, 2.24) is 5.16 Å². The molecule has 0 unspecified atom stereocenters. The first kappa shape index (κ1) is 14.5. The highest BCUT2D eigenvalue weighted by Crippen LogP contribution is 2.10. The fourth-order valence-corrected chi connectivity index (χ4v) is 2.11. The summed E-state index contributed by atoms with van der Waals surface area (Å²) in [5.41, 5.74) is 0. The van der Waals surface area contributed by atoms with Gasteiger partial charge in [0.25, 0.3) is 0 Å². The third kappa shape index (κ3) is 4.97. The zero-order chi connectivity index (χ0) is 14.2. The normalized spacial score (nSPS) is 10.2. The van der Waals surface area contributed by atoms with Crippen molar-refractivity contribution >= 4 is 23.5 Å². The van der Waals surface area contributed by atoms with Crippen molar-refractivity contribution in [2.24, 2.45) is 0 Å². The van der Waals surface area contributed by atoms with Gasteiger partial charge in [-0.1, -0.05) is 23.4 Å². The van der Waals surface area contributed by atoms with E-state index in [1.165, 1.54) is 11.8 Å². The quantitative estimate of drug-likeness (QED) is 0.795. The van der Waals surface area contributed by atoms with E-state index >= 15 is 0 Å². The highest BCUT2D eigenvalue weighted by atomic mass is 32.2. The molecule has 0 radical (unpaired) electrons. The number of thioether (sulfide) groups is 1. The molecule has 106 valence electrons. The predicted molar refractivity (Wildman–Crippen MR) is 79.1 cm³/mol. The number of nitrogens with zero attached hydrogens (tertiary/aromatic N) is 1. The number of hydrogen-bond donors (Lipinski definition) is 1. The Kier molecular flexibility index (Phi) is 5.49. The molecule has 0 saturated heterocycles. The van der Waals surface area contributed by atoms with Crippen LogP contribution in [0, 0.1) is 6.92 Å². The van der Waals surface area contributed by atoms with Gasteiger partial charge in [0.15, 0.2) is 5.82 Å². The smallest absolute Gasteiger partial charge is 0.235 e. The summed E-state index contributed by atoms with van der Waals surface area (Å²) in [4.78, 5) is 11.6. The Morgan fingerprint density at radius 3 is 2.90 bits per heavy atom. The molecule has 1 heterocycles. The molecule has 0 atom stereocenters. The van der Waals surface area contributed by atoms with E-state index in [4.69, 9.17) is 9.26 Å². The Morgan fingerprint density at radius 1 is 1.40 bits per heavy atom. The highest BCUT2D eigenvalue weighted by molar-refractivity contribution is 7.99. The summed E-state index contributed by atoms with van der Waals surface area (Å²) in [6.45, 7) is 2.35. The lowest BCUT2D eigenvalue weighted by Gasteiger charge is -2.05. The summed E-state index contributed by atoms with van der Waals surface area (Å²) < 4.78 is 10.4. The Labute approximate surface area is 121 Å². The molecule has 1 aromatic heterocycles. The van der Waals surface area contributed by atoms with E-state index in [0.717, 1.165) is 11.5 Å². The zero-order valence-corrected chi connectivity index (χ0v) is 12.0. The van der Waals surface area contributed by atoms with Gasteiger partial charge >= 0.3 is 0 Å². The number of hydrogen-bond acceptors (Lipinski definition) is 5. The van der Waals surface area contributed by atoms with Crippen LogP contribution in [0.1, 0.15) is 5.76 Å². The first-order valence-electron chi connectivity index (χ1n) is 6.23. The molecule has 6 heteroatoms. The van der Waals surface area contributed by atoms with Crippen LogP contribution < -0.4 is 10.1 Å². The van der Waals surface area contributed by atoms with E-state index < -0.39 is 0 Å². The summed E-state index contributed by atoms with van der Waals surface area (Å²) in [7, 11) is 0. The summed E-state index contributed by atoms with van der Waals surface area (Å²) in [5, 5.41) is 6.36. The molecule has 0 spiro atoms. The second-order valence-corrected chi connectivity index (χ2v) is 5.19. The minimum Gasteiger partial charge on any atom is -0.493 e. The number of para-hydroxylation sites is 1. The molecule has 1 aromatic carbocycles. The van der Waals surface area contributed by atoms with E-state index in [-0.39, 0.29) is 5.91 Å². The van der Waals surface area contributed by atoms with Crippen molar-refractivity contribution in [3.05, 3.63) is 42.2 Å². The molecule has 0 aliphatic heterocycles. The molecule has 0 aliphatic carbocycles. The highest BCUT2D eigenvalue weighted by Gasteiger charge is 2.06. The second-order valence-electron chi connectivity index (χ2n) is 4.09. The van der Waals surface area contributed by atoms with Gasteiger partial charge in [0.05, 0.1) is 12.4 Å². The molecule has 0 saturated carbocycles. The fourth-order valence-electron chi connectivity index (χ4n) is 1.50. The lowest BCUT2D eigenvalue weighted by Crippen LogP contribution is -2.15. The van der Waals surface area contributed by atoms with E-state index in [9.17, 15) is 4.79 Å². The number of carbonyl (C=O) groups is 1. The molecule has 0 fully saturated rings. The third-order valence-corrected chi connectivity index (χ3v) is 3.29. The summed E-state index contributed by atoms with van der Waals surface area (Å²) in [6, 6.07) is 11.3. The Balaban J connectivity index is 1.58. The van der Waals surface area contributed by atoms with Crippen molar-refractivity contribution in [1.29, 1.82) is 0 Å². The molecular formula is C14H16N2O3S. The Hall–Kier alpha value is -1.95. The number of anilines is 1. The first-order chi connectivity index (χ1) is 9.74. The van der Waals surface area contributed by atoms with Crippen LogP contribution in [0.3, 0.4) is 0 Å². The molecule has 2 aromatic rings. The topological polar surface area (TPSA) is 64.4 Å². The molecule has 20 heavy (non-hydrogen) atoms. The minimum absolute atomic E-state index is 0.0944. The van der Waals surface area contributed by atoms with Gasteiger partial charge in [0.1, 0.15) is 11.5 Å². The van der Waals surface area contributed by atoms with Crippen molar-refractivity contribution in [2.45, 2.75) is 6.92 Å². The van der Waals surface area contributed by atoms with Gasteiger partial charge in [-0.3, -0.25) is 4.79 Å². The SMILES string of the molecule is Cc1cc(NC(=O)CSCCOc2ccccc2)no1. The fraction of sp³-hybridized carbons (Fsp3) is 0.286.